The van der Waals surface area contributed by atoms with Crippen LogP contribution in [0, 0.1) is 12.3 Å². The largest absolute Gasteiger partial charge is 0.380 e. The Labute approximate surface area is 126 Å². The molecule has 0 fully saturated rings. The summed E-state index contributed by atoms with van der Waals surface area (Å²) < 4.78 is 0. The Kier molecular flexibility index (Phi) is 3.41. The molecule has 1 heteroatoms. The van der Waals surface area contributed by atoms with Gasteiger partial charge in [-0.3, -0.25) is 0 Å². The lowest BCUT2D eigenvalue weighted by Gasteiger charge is -2.32. The quantitative estimate of drug-likeness (QED) is 0.662. The predicted octanol–water partition coefficient (Wildman–Crippen LogP) is 3.91. The molecule has 21 heavy (non-hydrogen) atoms. The number of hydrogen-bond donors (Lipinski definition) is 1. The zero-order chi connectivity index (χ0) is 14.9. The van der Waals surface area contributed by atoms with Crippen molar-refractivity contribution in [3.05, 3.63) is 72.3 Å². The van der Waals surface area contributed by atoms with Gasteiger partial charge in [-0.05, 0) is 35.1 Å². The van der Waals surface area contributed by atoms with Crippen LogP contribution in [0.25, 0.3) is 11.1 Å². The normalized spacial score (nSPS) is 15.6. The summed E-state index contributed by atoms with van der Waals surface area (Å²) in [5, 5.41) is 10.1. The minimum absolute atomic E-state index is 0.277. The Bertz CT molecular complexity index is 675. The van der Waals surface area contributed by atoms with Gasteiger partial charge in [-0.25, -0.2) is 0 Å². The van der Waals surface area contributed by atoms with Crippen molar-refractivity contribution in [1.82, 2.24) is 0 Å². The molecule has 3 rings (SSSR count). The van der Waals surface area contributed by atoms with Gasteiger partial charge in [0.1, 0.15) is 6.10 Å². The average Bonchev–Trinajstić information content (AvgIpc) is 2.79. The fourth-order valence-corrected chi connectivity index (χ4v) is 3.57. The Hall–Kier alpha value is -2.30. The zero-order valence-corrected chi connectivity index (χ0v) is 11.9. The Balaban J connectivity index is 2.28. The van der Waals surface area contributed by atoms with Gasteiger partial charge in [0.25, 0.3) is 0 Å². The highest BCUT2D eigenvalue weighted by atomic mass is 16.3. The van der Waals surface area contributed by atoms with E-state index >= 15 is 0 Å². The molecule has 0 spiro atoms. The number of fused-ring (bicyclic) bond motifs is 3. The predicted molar refractivity (Wildman–Crippen MR) is 86.9 cm³/mol. The molecule has 0 heterocycles. The van der Waals surface area contributed by atoms with Crippen molar-refractivity contribution in [2.75, 3.05) is 0 Å². The van der Waals surface area contributed by atoms with Gasteiger partial charge in [-0.2, -0.15) is 0 Å². The molecular formula is C20H18O. The second-order valence-electron chi connectivity index (χ2n) is 5.55. The van der Waals surface area contributed by atoms with Gasteiger partial charge < -0.3 is 5.11 Å². The molecule has 0 aliphatic heterocycles. The minimum Gasteiger partial charge on any atom is -0.380 e. The third-order valence-electron chi connectivity index (χ3n) is 4.40. The standard InChI is InChI=1S/C20H18O/c1-3-13-20(14-15(21)4-2)18-11-7-5-9-16(18)17-10-6-8-12-19(17)20/h2-3,5-12,15,21H,1,13-14H2. The second-order valence-corrected chi connectivity index (χ2v) is 5.55. The summed E-state index contributed by atoms with van der Waals surface area (Å²) in [5.41, 5.74) is 4.67. The van der Waals surface area contributed by atoms with Crippen LogP contribution in [0.4, 0.5) is 0 Å². The first-order chi connectivity index (χ1) is 10.2. The highest BCUT2D eigenvalue weighted by molar-refractivity contribution is 5.81. The fraction of sp³-hybridized carbons (Fsp3) is 0.200. The molecule has 0 aromatic heterocycles. The Morgan fingerprint density at radius 1 is 1.10 bits per heavy atom. The molecule has 1 aliphatic carbocycles. The molecule has 104 valence electrons. The van der Waals surface area contributed by atoms with Crippen molar-refractivity contribution in [1.29, 1.82) is 0 Å². The molecule has 1 aliphatic rings. The lowest BCUT2D eigenvalue weighted by atomic mass is 9.71. The molecule has 1 nitrogen and oxygen atoms in total. The van der Waals surface area contributed by atoms with Gasteiger partial charge in [0.2, 0.25) is 0 Å². The zero-order valence-electron chi connectivity index (χ0n) is 11.9. The summed E-state index contributed by atoms with van der Waals surface area (Å²) in [5.74, 6) is 2.46. The maximum absolute atomic E-state index is 10.1. The summed E-state index contributed by atoms with van der Waals surface area (Å²) in [6, 6.07) is 16.8. The van der Waals surface area contributed by atoms with Crippen molar-refractivity contribution >= 4 is 0 Å². The van der Waals surface area contributed by atoms with Crippen LogP contribution in [0.5, 0.6) is 0 Å². The van der Waals surface area contributed by atoms with Gasteiger partial charge in [0.05, 0.1) is 0 Å². The molecule has 1 unspecified atom stereocenters. The first kappa shape index (κ1) is 13.7. The van der Waals surface area contributed by atoms with Crippen LogP contribution in [0.1, 0.15) is 24.0 Å². The van der Waals surface area contributed by atoms with E-state index in [-0.39, 0.29) is 5.41 Å². The lowest BCUT2D eigenvalue weighted by Crippen LogP contribution is -2.29. The van der Waals surface area contributed by atoms with E-state index in [9.17, 15) is 5.11 Å². The van der Waals surface area contributed by atoms with Crippen molar-refractivity contribution in [3.8, 4) is 23.5 Å². The Morgan fingerprint density at radius 3 is 2.10 bits per heavy atom. The number of aliphatic hydroxyl groups is 1. The van der Waals surface area contributed by atoms with Crippen molar-refractivity contribution in [2.45, 2.75) is 24.4 Å². The van der Waals surface area contributed by atoms with E-state index in [2.05, 4.69) is 48.9 Å². The molecule has 1 N–H and O–H groups in total. The second kappa shape index (κ2) is 5.24. The van der Waals surface area contributed by atoms with E-state index in [1.807, 2.05) is 18.2 Å². The van der Waals surface area contributed by atoms with Crippen LogP contribution in [-0.4, -0.2) is 11.2 Å². The molecule has 2 aromatic carbocycles. The number of rotatable bonds is 4. The van der Waals surface area contributed by atoms with Crippen LogP contribution < -0.4 is 0 Å². The molecule has 2 aromatic rings. The highest BCUT2D eigenvalue weighted by Crippen LogP contribution is 2.53. The monoisotopic (exact) mass is 274 g/mol. The van der Waals surface area contributed by atoms with Crippen LogP contribution in [-0.2, 0) is 5.41 Å². The van der Waals surface area contributed by atoms with E-state index in [4.69, 9.17) is 6.42 Å². The molecule has 0 radical (unpaired) electrons. The van der Waals surface area contributed by atoms with E-state index in [0.717, 1.165) is 6.42 Å². The lowest BCUT2D eigenvalue weighted by molar-refractivity contribution is 0.194. The van der Waals surface area contributed by atoms with Crippen LogP contribution in [0.2, 0.25) is 0 Å². The topological polar surface area (TPSA) is 20.2 Å². The van der Waals surface area contributed by atoms with Gasteiger partial charge >= 0.3 is 0 Å². The van der Waals surface area contributed by atoms with Crippen LogP contribution >= 0.6 is 0 Å². The molecule has 0 saturated heterocycles. The molecule has 0 bridgehead atoms. The molecule has 1 atom stereocenters. The van der Waals surface area contributed by atoms with Crippen LogP contribution in [0.3, 0.4) is 0 Å². The summed E-state index contributed by atoms with van der Waals surface area (Å²) in [6.45, 7) is 3.91. The summed E-state index contributed by atoms with van der Waals surface area (Å²) in [4.78, 5) is 0. The summed E-state index contributed by atoms with van der Waals surface area (Å²) >= 11 is 0. The number of allylic oxidation sites excluding steroid dienone is 1. The average molecular weight is 274 g/mol. The highest BCUT2D eigenvalue weighted by Gasteiger charge is 2.42. The Morgan fingerprint density at radius 2 is 1.62 bits per heavy atom. The van der Waals surface area contributed by atoms with Gasteiger partial charge in [0, 0.05) is 5.41 Å². The minimum atomic E-state index is -0.760. The molecule has 0 saturated carbocycles. The SMILES string of the molecule is C#CC(O)CC1(CC=C)c2ccccc2-c2ccccc21. The van der Waals surface area contributed by atoms with Crippen molar-refractivity contribution < 1.29 is 5.11 Å². The fourth-order valence-electron chi connectivity index (χ4n) is 3.57. The maximum Gasteiger partial charge on any atom is 0.115 e. The third kappa shape index (κ3) is 2.00. The van der Waals surface area contributed by atoms with Gasteiger partial charge in [-0.15, -0.1) is 13.0 Å². The van der Waals surface area contributed by atoms with Crippen LogP contribution in [0.15, 0.2) is 61.2 Å². The number of benzene rings is 2. The molecule has 0 amide bonds. The maximum atomic E-state index is 10.1. The smallest absolute Gasteiger partial charge is 0.115 e. The number of hydrogen-bond acceptors (Lipinski definition) is 1. The van der Waals surface area contributed by atoms with Gasteiger partial charge in [-0.1, -0.05) is 60.5 Å². The number of aliphatic hydroxyl groups excluding tert-OH is 1. The first-order valence-electron chi connectivity index (χ1n) is 7.17. The van der Waals surface area contributed by atoms with E-state index in [1.54, 1.807) is 0 Å². The van der Waals surface area contributed by atoms with Crippen molar-refractivity contribution in [2.24, 2.45) is 0 Å². The van der Waals surface area contributed by atoms with Gasteiger partial charge in [0.15, 0.2) is 0 Å². The van der Waals surface area contributed by atoms with Crippen molar-refractivity contribution in [3.63, 3.8) is 0 Å². The first-order valence-corrected chi connectivity index (χ1v) is 7.17. The molecular weight excluding hydrogens is 256 g/mol. The van der Waals surface area contributed by atoms with E-state index < -0.39 is 6.10 Å². The van der Waals surface area contributed by atoms with E-state index in [1.165, 1.54) is 22.3 Å². The third-order valence-corrected chi connectivity index (χ3v) is 4.40. The summed E-state index contributed by atoms with van der Waals surface area (Å²) in [7, 11) is 0. The number of terminal acetylenes is 1. The summed E-state index contributed by atoms with van der Waals surface area (Å²) in [6.07, 6.45) is 7.86. The van der Waals surface area contributed by atoms with E-state index in [0.29, 0.717) is 6.42 Å².